The van der Waals surface area contributed by atoms with Crippen LogP contribution in [0.2, 0.25) is 0 Å². The van der Waals surface area contributed by atoms with E-state index >= 15 is 0 Å². The molecule has 1 aliphatic rings. The van der Waals surface area contributed by atoms with Crippen molar-refractivity contribution in [3.8, 4) is 0 Å². The van der Waals surface area contributed by atoms with E-state index < -0.39 is 0 Å². The highest BCUT2D eigenvalue weighted by Crippen LogP contribution is 2.24. The molecule has 1 rings (SSSR count). The normalized spacial score (nSPS) is 20.4. The maximum Gasteiger partial charge on any atom is 0.308 e. The van der Waals surface area contributed by atoms with Crippen LogP contribution in [0.1, 0.15) is 47.5 Å². The summed E-state index contributed by atoms with van der Waals surface area (Å²) in [6, 6.07) is 0. The largest absolute Gasteiger partial charge is 0.461 e. The zero-order valence-electron chi connectivity index (χ0n) is 12.6. The number of hydrogen-bond donors (Lipinski definition) is 0. The zero-order chi connectivity index (χ0) is 13.7. The molecule has 0 spiro atoms. The standard InChI is InChI=1S/C15H29NO2/c1-11(2)14-6-8-16(9-7-14)10-13(5)18-15(17)12(3)4/h11-14H,6-10H2,1-5H3/t13-/m0/s1. The Bertz CT molecular complexity index is 255. The molecular weight excluding hydrogens is 226 g/mol. The van der Waals surface area contributed by atoms with Crippen molar-refractivity contribution >= 4 is 5.97 Å². The van der Waals surface area contributed by atoms with Crippen LogP contribution < -0.4 is 0 Å². The number of likely N-dealkylation sites (tertiary alicyclic amines) is 1. The Hall–Kier alpha value is -0.570. The molecule has 3 heteroatoms. The lowest BCUT2D eigenvalue weighted by Crippen LogP contribution is -2.40. The molecule has 0 saturated carbocycles. The molecule has 1 aliphatic heterocycles. The fraction of sp³-hybridized carbons (Fsp3) is 0.933. The molecule has 1 saturated heterocycles. The number of esters is 1. The van der Waals surface area contributed by atoms with Crippen LogP contribution in [0.5, 0.6) is 0 Å². The lowest BCUT2D eigenvalue weighted by Gasteiger charge is -2.35. The number of hydrogen-bond acceptors (Lipinski definition) is 3. The SMILES string of the molecule is CC(C)C(=O)O[C@@H](C)CN1CCC(C(C)C)CC1. The van der Waals surface area contributed by atoms with E-state index in [1.807, 2.05) is 20.8 Å². The number of carbonyl (C=O) groups excluding carboxylic acids is 1. The van der Waals surface area contributed by atoms with Crippen molar-refractivity contribution in [3.05, 3.63) is 0 Å². The number of nitrogens with zero attached hydrogens (tertiary/aromatic N) is 1. The highest BCUT2D eigenvalue weighted by Gasteiger charge is 2.23. The van der Waals surface area contributed by atoms with Crippen LogP contribution in [0.15, 0.2) is 0 Å². The van der Waals surface area contributed by atoms with E-state index in [9.17, 15) is 4.79 Å². The summed E-state index contributed by atoms with van der Waals surface area (Å²) >= 11 is 0. The average molecular weight is 255 g/mol. The minimum Gasteiger partial charge on any atom is -0.461 e. The Morgan fingerprint density at radius 1 is 1.17 bits per heavy atom. The van der Waals surface area contributed by atoms with Crippen molar-refractivity contribution in [2.75, 3.05) is 19.6 Å². The third-order valence-electron chi connectivity index (χ3n) is 3.88. The summed E-state index contributed by atoms with van der Waals surface area (Å²) in [6.07, 6.45) is 2.57. The Balaban J connectivity index is 2.26. The van der Waals surface area contributed by atoms with Gasteiger partial charge >= 0.3 is 5.97 Å². The van der Waals surface area contributed by atoms with E-state index in [4.69, 9.17) is 4.74 Å². The molecule has 0 bridgehead atoms. The molecule has 0 radical (unpaired) electrons. The fourth-order valence-electron chi connectivity index (χ4n) is 2.54. The fourth-order valence-corrected chi connectivity index (χ4v) is 2.54. The second kappa shape index (κ2) is 7.13. The van der Waals surface area contributed by atoms with Crippen LogP contribution in [-0.2, 0) is 9.53 Å². The van der Waals surface area contributed by atoms with Crippen LogP contribution in [0.25, 0.3) is 0 Å². The van der Waals surface area contributed by atoms with E-state index in [1.165, 1.54) is 12.8 Å². The first-order chi connectivity index (χ1) is 8.40. The third kappa shape index (κ3) is 4.97. The van der Waals surface area contributed by atoms with Crippen LogP contribution in [0.4, 0.5) is 0 Å². The van der Waals surface area contributed by atoms with Gasteiger partial charge in [0, 0.05) is 6.54 Å². The Kier molecular flexibility index (Phi) is 6.13. The van der Waals surface area contributed by atoms with E-state index in [0.29, 0.717) is 0 Å². The summed E-state index contributed by atoms with van der Waals surface area (Å²) in [4.78, 5) is 13.9. The van der Waals surface area contributed by atoms with E-state index in [2.05, 4.69) is 18.7 Å². The van der Waals surface area contributed by atoms with E-state index in [1.54, 1.807) is 0 Å². The monoisotopic (exact) mass is 255 g/mol. The number of rotatable bonds is 5. The molecule has 106 valence electrons. The second-order valence-corrected chi connectivity index (χ2v) is 6.28. The molecular formula is C15H29NO2. The van der Waals surface area contributed by atoms with Crippen LogP contribution in [0.3, 0.4) is 0 Å². The molecule has 0 amide bonds. The predicted molar refractivity (Wildman–Crippen MR) is 74.4 cm³/mol. The highest BCUT2D eigenvalue weighted by atomic mass is 16.5. The third-order valence-corrected chi connectivity index (χ3v) is 3.88. The zero-order valence-corrected chi connectivity index (χ0v) is 12.6. The van der Waals surface area contributed by atoms with Crippen molar-refractivity contribution in [2.45, 2.75) is 53.6 Å². The van der Waals surface area contributed by atoms with Crippen molar-refractivity contribution in [2.24, 2.45) is 17.8 Å². The number of piperidine rings is 1. The van der Waals surface area contributed by atoms with Crippen molar-refractivity contribution in [1.29, 1.82) is 0 Å². The molecule has 1 heterocycles. The first-order valence-electron chi connectivity index (χ1n) is 7.33. The summed E-state index contributed by atoms with van der Waals surface area (Å²) < 4.78 is 5.41. The Morgan fingerprint density at radius 3 is 2.17 bits per heavy atom. The molecule has 1 fully saturated rings. The molecule has 0 aliphatic carbocycles. The first-order valence-corrected chi connectivity index (χ1v) is 7.33. The number of carbonyl (C=O) groups is 1. The topological polar surface area (TPSA) is 29.5 Å². The minimum absolute atomic E-state index is 0.00972. The van der Waals surface area contributed by atoms with Crippen LogP contribution in [0, 0.1) is 17.8 Å². The van der Waals surface area contributed by atoms with Gasteiger partial charge in [-0.1, -0.05) is 27.7 Å². The molecule has 0 aromatic heterocycles. The molecule has 0 unspecified atom stereocenters. The molecule has 0 aromatic rings. The Morgan fingerprint density at radius 2 is 1.72 bits per heavy atom. The maximum atomic E-state index is 11.5. The summed E-state index contributed by atoms with van der Waals surface area (Å²) in [5.74, 6) is 1.55. The molecule has 0 aromatic carbocycles. The quantitative estimate of drug-likeness (QED) is 0.707. The molecule has 18 heavy (non-hydrogen) atoms. The highest BCUT2D eigenvalue weighted by molar-refractivity contribution is 5.71. The summed E-state index contributed by atoms with van der Waals surface area (Å²) in [5.41, 5.74) is 0. The number of ether oxygens (including phenoxy) is 1. The van der Waals surface area contributed by atoms with Gasteiger partial charge in [0.2, 0.25) is 0 Å². The van der Waals surface area contributed by atoms with Gasteiger partial charge in [0.25, 0.3) is 0 Å². The van der Waals surface area contributed by atoms with E-state index in [-0.39, 0.29) is 18.0 Å². The predicted octanol–water partition coefficient (Wildman–Crippen LogP) is 2.94. The first kappa shape index (κ1) is 15.5. The lowest BCUT2D eigenvalue weighted by molar-refractivity contribution is -0.153. The summed E-state index contributed by atoms with van der Waals surface area (Å²) in [5, 5.41) is 0. The van der Waals surface area contributed by atoms with E-state index in [0.717, 1.165) is 31.5 Å². The van der Waals surface area contributed by atoms with Crippen LogP contribution >= 0.6 is 0 Å². The summed E-state index contributed by atoms with van der Waals surface area (Å²) in [7, 11) is 0. The summed E-state index contributed by atoms with van der Waals surface area (Å²) in [6.45, 7) is 13.5. The second-order valence-electron chi connectivity index (χ2n) is 6.28. The minimum atomic E-state index is -0.0837. The van der Waals surface area contributed by atoms with Gasteiger partial charge in [-0.3, -0.25) is 9.69 Å². The van der Waals surface area contributed by atoms with Gasteiger partial charge in [-0.05, 0) is 44.7 Å². The van der Waals surface area contributed by atoms with Gasteiger partial charge in [0.15, 0.2) is 0 Å². The lowest BCUT2D eigenvalue weighted by atomic mass is 9.87. The van der Waals surface area contributed by atoms with Crippen molar-refractivity contribution in [3.63, 3.8) is 0 Å². The Labute approximate surface area is 112 Å². The van der Waals surface area contributed by atoms with Gasteiger partial charge in [-0.2, -0.15) is 0 Å². The van der Waals surface area contributed by atoms with Gasteiger partial charge in [-0.15, -0.1) is 0 Å². The van der Waals surface area contributed by atoms with Gasteiger partial charge < -0.3 is 4.74 Å². The van der Waals surface area contributed by atoms with Crippen LogP contribution in [-0.4, -0.2) is 36.6 Å². The molecule has 3 nitrogen and oxygen atoms in total. The van der Waals surface area contributed by atoms with Crippen molar-refractivity contribution < 1.29 is 9.53 Å². The molecule has 0 N–H and O–H groups in total. The molecule has 1 atom stereocenters. The van der Waals surface area contributed by atoms with Gasteiger partial charge in [0.1, 0.15) is 6.10 Å². The van der Waals surface area contributed by atoms with Gasteiger partial charge in [-0.25, -0.2) is 0 Å². The van der Waals surface area contributed by atoms with Gasteiger partial charge in [0.05, 0.1) is 5.92 Å². The van der Waals surface area contributed by atoms with Crippen molar-refractivity contribution in [1.82, 2.24) is 4.90 Å². The smallest absolute Gasteiger partial charge is 0.308 e. The average Bonchev–Trinajstić information content (AvgIpc) is 2.29. The maximum absolute atomic E-state index is 11.5.